The van der Waals surface area contributed by atoms with Crippen molar-refractivity contribution >= 4 is 17.5 Å². The highest BCUT2D eigenvalue weighted by Crippen LogP contribution is 2.32. The average Bonchev–Trinajstić information content (AvgIpc) is 3.11. The molecule has 1 N–H and O–H groups in total. The van der Waals surface area contributed by atoms with Crippen molar-refractivity contribution in [3.8, 4) is 0 Å². The molecular formula is C15H18ClFN2O. The molecule has 2 fully saturated rings. The molecule has 1 saturated heterocycles. The van der Waals surface area contributed by atoms with Crippen molar-refractivity contribution in [1.29, 1.82) is 0 Å². The Balaban J connectivity index is 1.79. The number of halogens is 2. The van der Waals surface area contributed by atoms with E-state index in [2.05, 4.69) is 5.32 Å². The Morgan fingerprint density at radius 2 is 2.20 bits per heavy atom. The zero-order valence-corrected chi connectivity index (χ0v) is 12.0. The molecule has 0 radical (unpaired) electrons. The zero-order chi connectivity index (χ0) is 14.1. The molecule has 108 valence electrons. The number of nitrogens with one attached hydrogen (secondary N) is 1. The molecule has 1 aromatic carbocycles. The summed E-state index contributed by atoms with van der Waals surface area (Å²) in [5.41, 5.74) is 0.431. The topological polar surface area (TPSA) is 32.3 Å². The Bertz CT molecular complexity index is 492. The van der Waals surface area contributed by atoms with E-state index in [1.54, 1.807) is 12.1 Å². The van der Waals surface area contributed by atoms with E-state index in [4.69, 9.17) is 11.6 Å². The SMILES string of the molecule is O=C(C1CCNC1)N(Cc1c(F)cccc1Cl)C1CC1. The van der Waals surface area contributed by atoms with Crippen molar-refractivity contribution in [2.24, 2.45) is 5.92 Å². The van der Waals surface area contributed by atoms with Gasteiger partial charge in [0.2, 0.25) is 5.91 Å². The molecule has 0 bridgehead atoms. The molecule has 3 nitrogen and oxygen atoms in total. The second-order valence-electron chi connectivity index (χ2n) is 5.59. The highest BCUT2D eigenvalue weighted by atomic mass is 35.5. The monoisotopic (exact) mass is 296 g/mol. The molecule has 20 heavy (non-hydrogen) atoms. The Morgan fingerprint density at radius 1 is 1.40 bits per heavy atom. The molecule has 0 aromatic heterocycles. The number of carbonyl (C=O) groups is 1. The van der Waals surface area contributed by atoms with Crippen molar-refractivity contribution in [3.05, 3.63) is 34.6 Å². The quantitative estimate of drug-likeness (QED) is 0.926. The van der Waals surface area contributed by atoms with E-state index >= 15 is 0 Å². The number of amides is 1. The van der Waals surface area contributed by atoms with Crippen molar-refractivity contribution in [3.63, 3.8) is 0 Å². The van der Waals surface area contributed by atoms with Crippen LogP contribution < -0.4 is 5.32 Å². The first-order chi connectivity index (χ1) is 9.66. The number of nitrogens with zero attached hydrogens (tertiary/aromatic N) is 1. The van der Waals surface area contributed by atoms with Crippen molar-refractivity contribution in [1.82, 2.24) is 10.2 Å². The van der Waals surface area contributed by atoms with Gasteiger partial charge in [0.1, 0.15) is 5.82 Å². The first-order valence-corrected chi connectivity index (χ1v) is 7.48. The fourth-order valence-corrected chi connectivity index (χ4v) is 2.95. The predicted octanol–water partition coefficient (Wildman–Crippen LogP) is 2.58. The third-order valence-electron chi connectivity index (χ3n) is 4.07. The van der Waals surface area contributed by atoms with Crippen LogP contribution in [0.25, 0.3) is 0 Å². The van der Waals surface area contributed by atoms with Gasteiger partial charge in [-0.3, -0.25) is 4.79 Å². The Morgan fingerprint density at radius 3 is 2.80 bits per heavy atom. The minimum absolute atomic E-state index is 0.0288. The van der Waals surface area contributed by atoms with E-state index in [-0.39, 0.29) is 30.2 Å². The highest BCUT2D eigenvalue weighted by Gasteiger charge is 2.37. The van der Waals surface area contributed by atoms with Gasteiger partial charge in [-0.2, -0.15) is 0 Å². The summed E-state index contributed by atoms with van der Waals surface area (Å²) < 4.78 is 13.9. The van der Waals surface area contributed by atoms with Gasteiger partial charge < -0.3 is 10.2 Å². The van der Waals surface area contributed by atoms with Crippen LogP contribution in [0.1, 0.15) is 24.8 Å². The van der Waals surface area contributed by atoms with E-state index in [0.717, 1.165) is 32.4 Å². The summed E-state index contributed by atoms with van der Waals surface area (Å²) >= 11 is 6.07. The molecule has 1 amide bonds. The molecule has 1 aromatic rings. The molecule has 1 unspecified atom stereocenters. The van der Waals surface area contributed by atoms with E-state index in [9.17, 15) is 9.18 Å². The standard InChI is InChI=1S/C15H18ClFN2O/c16-13-2-1-3-14(17)12(13)9-19(11-4-5-11)15(20)10-6-7-18-8-10/h1-3,10-11,18H,4-9H2. The maximum atomic E-state index is 13.9. The Kier molecular flexibility index (Phi) is 3.94. The summed E-state index contributed by atoms with van der Waals surface area (Å²) in [4.78, 5) is 14.4. The van der Waals surface area contributed by atoms with Gasteiger partial charge in [0.05, 0.1) is 12.5 Å². The van der Waals surface area contributed by atoms with Gasteiger partial charge in [-0.1, -0.05) is 17.7 Å². The zero-order valence-electron chi connectivity index (χ0n) is 11.2. The first-order valence-electron chi connectivity index (χ1n) is 7.11. The van der Waals surface area contributed by atoms with Crippen molar-refractivity contribution in [2.75, 3.05) is 13.1 Å². The Hall–Kier alpha value is -1.13. The fraction of sp³-hybridized carbons (Fsp3) is 0.533. The fourth-order valence-electron chi connectivity index (χ4n) is 2.73. The lowest BCUT2D eigenvalue weighted by Gasteiger charge is -2.26. The second kappa shape index (κ2) is 5.70. The van der Waals surface area contributed by atoms with Gasteiger partial charge >= 0.3 is 0 Å². The van der Waals surface area contributed by atoms with Crippen molar-refractivity contribution < 1.29 is 9.18 Å². The van der Waals surface area contributed by atoms with Gasteiger partial charge in [-0.15, -0.1) is 0 Å². The molecule has 3 rings (SSSR count). The summed E-state index contributed by atoms with van der Waals surface area (Å²) in [6, 6.07) is 4.92. The lowest BCUT2D eigenvalue weighted by Crippen LogP contribution is -2.38. The van der Waals surface area contributed by atoms with E-state index in [1.807, 2.05) is 4.90 Å². The molecular weight excluding hydrogens is 279 g/mol. The molecule has 1 atom stereocenters. The molecule has 2 aliphatic rings. The number of hydrogen-bond acceptors (Lipinski definition) is 2. The van der Waals surface area contributed by atoms with Crippen LogP contribution in [0.2, 0.25) is 5.02 Å². The van der Waals surface area contributed by atoms with Gasteiger partial charge in [0.25, 0.3) is 0 Å². The predicted molar refractivity (Wildman–Crippen MR) is 76.0 cm³/mol. The van der Waals surface area contributed by atoms with E-state index in [0.29, 0.717) is 10.6 Å². The number of carbonyl (C=O) groups excluding carboxylic acids is 1. The Labute approximate surface area is 123 Å². The molecule has 1 aliphatic heterocycles. The van der Waals surface area contributed by atoms with Gasteiger partial charge in [-0.25, -0.2) is 4.39 Å². The normalized spacial score (nSPS) is 22.0. The van der Waals surface area contributed by atoms with Gasteiger partial charge in [0.15, 0.2) is 0 Å². The van der Waals surface area contributed by atoms with E-state index in [1.165, 1.54) is 6.07 Å². The maximum Gasteiger partial charge on any atom is 0.227 e. The van der Waals surface area contributed by atoms with Crippen LogP contribution in [0.15, 0.2) is 18.2 Å². The lowest BCUT2D eigenvalue weighted by atomic mass is 10.1. The molecule has 1 saturated carbocycles. The number of benzene rings is 1. The number of rotatable bonds is 4. The van der Waals surface area contributed by atoms with Crippen LogP contribution in [0, 0.1) is 11.7 Å². The average molecular weight is 297 g/mol. The summed E-state index contributed by atoms with van der Waals surface area (Å²) in [6.45, 7) is 1.90. The molecule has 1 heterocycles. The molecule has 5 heteroatoms. The smallest absolute Gasteiger partial charge is 0.227 e. The summed E-state index contributed by atoms with van der Waals surface area (Å²) in [5.74, 6) is -0.168. The van der Waals surface area contributed by atoms with Crippen molar-refractivity contribution in [2.45, 2.75) is 31.8 Å². The third-order valence-corrected chi connectivity index (χ3v) is 4.42. The van der Waals surface area contributed by atoms with Crippen LogP contribution >= 0.6 is 11.6 Å². The number of hydrogen-bond donors (Lipinski definition) is 1. The van der Waals surface area contributed by atoms with Gasteiger partial charge in [0, 0.05) is 23.2 Å². The van der Waals surface area contributed by atoms with Crippen LogP contribution in [0.5, 0.6) is 0 Å². The van der Waals surface area contributed by atoms with E-state index < -0.39 is 0 Å². The second-order valence-corrected chi connectivity index (χ2v) is 5.99. The minimum atomic E-state index is -0.333. The summed E-state index contributed by atoms with van der Waals surface area (Å²) in [7, 11) is 0. The van der Waals surface area contributed by atoms with Crippen LogP contribution in [0.4, 0.5) is 4.39 Å². The summed E-state index contributed by atoms with van der Waals surface area (Å²) in [5, 5.41) is 3.60. The third kappa shape index (κ3) is 2.81. The maximum absolute atomic E-state index is 13.9. The van der Waals surface area contributed by atoms with Crippen LogP contribution in [-0.4, -0.2) is 29.9 Å². The summed E-state index contributed by atoms with van der Waals surface area (Å²) in [6.07, 6.45) is 2.89. The largest absolute Gasteiger partial charge is 0.335 e. The lowest BCUT2D eigenvalue weighted by molar-refractivity contribution is -0.136. The molecule has 1 aliphatic carbocycles. The first kappa shape index (κ1) is 13.8. The molecule has 0 spiro atoms. The van der Waals surface area contributed by atoms with Crippen LogP contribution in [0.3, 0.4) is 0 Å². The van der Waals surface area contributed by atoms with Gasteiger partial charge in [-0.05, 0) is 37.9 Å². The van der Waals surface area contributed by atoms with Crippen LogP contribution in [-0.2, 0) is 11.3 Å². The minimum Gasteiger partial charge on any atom is -0.335 e. The highest BCUT2D eigenvalue weighted by molar-refractivity contribution is 6.31.